The fourth-order valence-corrected chi connectivity index (χ4v) is 1.84. The van der Waals surface area contributed by atoms with Crippen LogP contribution in [0, 0.1) is 0 Å². The molecule has 0 bridgehead atoms. The first kappa shape index (κ1) is 10.5. The summed E-state index contributed by atoms with van der Waals surface area (Å²) in [5.74, 6) is 0. The molecule has 82 valence electrons. The van der Waals surface area contributed by atoms with E-state index in [9.17, 15) is 13.2 Å². The summed E-state index contributed by atoms with van der Waals surface area (Å²) in [6, 6.07) is 5.18. The smallest absolute Gasteiger partial charge is 0.321 e. The highest BCUT2D eigenvalue weighted by Crippen LogP contribution is 2.39. The molecule has 0 heterocycles. The minimum Gasteiger partial charge on any atom is -0.321 e. The quantitative estimate of drug-likeness (QED) is 0.765. The molecule has 2 N–H and O–H groups in total. The van der Waals surface area contributed by atoms with E-state index in [4.69, 9.17) is 5.73 Å². The Kier molecular flexibility index (Phi) is 2.26. The molecule has 15 heavy (non-hydrogen) atoms. The molecule has 1 saturated carbocycles. The summed E-state index contributed by atoms with van der Waals surface area (Å²) >= 11 is 0. The summed E-state index contributed by atoms with van der Waals surface area (Å²) in [4.78, 5) is 0. The minimum absolute atomic E-state index is 0.385. The third-order valence-corrected chi connectivity index (χ3v) is 3.03. The van der Waals surface area contributed by atoms with Gasteiger partial charge in [0, 0.05) is 5.54 Å². The zero-order valence-corrected chi connectivity index (χ0v) is 8.14. The van der Waals surface area contributed by atoms with E-state index in [0.29, 0.717) is 0 Å². The van der Waals surface area contributed by atoms with E-state index in [-0.39, 0.29) is 5.54 Å². The van der Waals surface area contributed by atoms with Gasteiger partial charge in [-0.25, -0.2) is 0 Å². The van der Waals surface area contributed by atoms with Crippen molar-refractivity contribution in [3.8, 4) is 0 Å². The fraction of sp³-hybridized carbons (Fsp3) is 0.455. The van der Waals surface area contributed by atoms with Gasteiger partial charge in [0.1, 0.15) is 0 Å². The van der Waals surface area contributed by atoms with Crippen LogP contribution in [0.3, 0.4) is 0 Å². The predicted octanol–water partition coefficient (Wildman–Crippen LogP) is 3.04. The molecule has 0 amide bonds. The predicted molar refractivity (Wildman–Crippen MR) is 51.2 cm³/mol. The molecule has 1 aliphatic carbocycles. The highest BCUT2D eigenvalue weighted by molar-refractivity contribution is 5.31. The SMILES string of the molecule is NC1(c2ccc(C(F)(F)F)cc2)CCC1. The molecular weight excluding hydrogens is 203 g/mol. The van der Waals surface area contributed by atoms with Gasteiger partial charge in [-0.1, -0.05) is 12.1 Å². The molecule has 0 aromatic heterocycles. The van der Waals surface area contributed by atoms with Crippen molar-refractivity contribution >= 4 is 0 Å². The van der Waals surface area contributed by atoms with E-state index in [2.05, 4.69) is 0 Å². The first-order valence-corrected chi connectivity index (χ1v) is 4.88. The molecule has 1 aliphatic rings. The summed E-state index contributed by atoms with van der Waals surface area (Å²) in [6.45, 7) is 0. The van der Waals surface area contributed by atoms with Crippen molar-refractivity contribution in [2.24, 2.45) is 5.73 Å². The lowest BCUT2D eigenvalue weighted by Gasteiger charge is -2.38. The highest BCUT2D eigenvalue weighted by atomic mass is 19.4. The van der Waals surface area contributed by atoms with Crippen LogP contribution in [-0.4, -0.2) is 0 Å². The van der Waals surface area contributed by atoms with Crippen LogP contribution >= 0.6 is 0 Å². The number of rotatable bonds is 1. The minimum atomic E-state index is -4.26. The van der Waals surface area contributed by atoms with Crippen LogP contribution in [-0.2, 0) is 11.7 Å². The normalized spacial score (nSPS) is 19.7. The van der Waals surface area contributed by atoms with E-state index < -0.39 is 11.7 Å². The highest BCUT2D eigenvalue weighted by Gasteiger charge is 2.35. The van der Waals surface area contributed by atoms with E-state index in [1.807, 2.05) is 0 Å². The molecule has 0 saturated heterocycles. The molecule has 0 atom stereocenters. The van der Waals surface area contributed by atoms with Crippen LogP contribution in [0.5, 0.6) is 0 Å². The van der Waals surface area contributed by atoms with Crippen LogP contribution in [0.25, 0.3) is 0 Å². The topological polar surface area (TPSA) is 26.0 Å². The van der Waals surface area contributed by atoms with Gasteiger partial charge in [-0.15, -0.1) is 0 Å². The third-order valence-electron chi connectivity index (χ3n) is 3.03. The largest absolute Gasteiger partial charge is 0.416 e. The second-order valence-electron chi connectivity index (χ2n) is 4.08. The average molecular weight is 215 g/mol. The second kappa shape index (κ2) is 3.23. The number of halogens is 3. The van der Waals surface area contributed by atoms with Crippen molar-refractivity contribution in [1.29, 1.82) is 0 Å². The molecule has 1 fully saturated rings. The van der Waals surface area contributed by atoms with Crippen LogP contribution in [0.2, 0.25) is 0 Å². The molecule has 1 aromatic carbocycles. The van der Waals surface area contributed by atoms with Gasteiger partial charge in [-0.2, -0.15) is 13.2 Å². The Bertz CT molecular complexity index is 349. The standard InChI is InChI=1S/C11H12F3N/c12-11(13,14)9-4-2-8(3-5-9)10(15)6-1-7-10/h2-5H,1,6-7,15H2. The number of hydrogen-bond donors (Lipinski definition) is 1. The van der Waals surface area contributed by atoms with Crippen molar-refractivity contribution in [2.75, 3.05) is 0 Å². The Morgan fingerprint density at radius 3 is 1.93 bits per heavy atom. The zero-order chi connectivity index (χ0) is 11.1. The van der Waals surface area contributed by atoms with Gasteiger partial charge < -0.3 is 5.73 Å². The number of benzene rings is 1. The maximum absolute atomic E-state index is 12.3. The van der Waals surface area contributed by atoms with Gasteiger partial charge in [0.2, 0.25) is 0 Å². The monoisotopic (exact) mass is 215 g/mol. The molecular formula is C11H12F3N. The Labute approximate surface area is 86.1 Å². The van der Waals surface area contributed by atoms with Gasteiger partial charge in [-0.3, -0.25) is 0 Å². The van der Waals surface area contributed by atoms with E-state index in [1.165, 1.54) is 12.1 Å². The van der Waals surface area contributed by atoms with Crippen molar-refractivity contribution in [2.45, 2.75) is 31.0 Å². The lowest BCUT2D eigenvalue weighted by molar-refractivity contribution is -0.137. The fourth-order valence-electron chi connectivity index (χ4n) is 1.84. The maximum Gasteiger partial charge on any atom is 0.416 e. The van der Waals surface area contributed by atoms with Crippen LogP contribution in [0.1, 0.15) is 30.4 Å². The van der Waals surface area contributed by atoms with Gasteiger partial charge in [0.15, 0.2) is 0 Å². The molecule has 1 aromatic rings. The summed E-state index contributed by atoms with van der Waals surface area (Å²) in [7, 11) is 0. The maximum atomic E-state index is 12.3. The molecule has 0 spiro atoms. The Balaban J connectivity index is 2.24. The summed E-state index contributed by atoms with van der Waals surface area (Å²) in [5, 5.41) is 0. The van der Waals surface area contributed by atoms with Gasteiger partial charge in [0.25, 0.3) is 0 Å². The van der Waals surface area contributed by atoms with Crippen molar-refractivity contribution < 1.29 is 13.2 Å². The first-order valence-electron chi connectivity index (χ1n) is 4.88. The molecule has 4 heteroatoms. The van der Waals surface area contributed by atoms with Crippen molar-refractivity contribution in [3.63, 3.8) is 0 Å². The molecule has 0 radical (unpaired) electrons. The second-order valence-corrected chi connectivity index (χ2v) is 4.08. The summed E-state index contributed by atoms with van der Waals surface area (Å²) < 4.78 is 36.8. The zero-order valence-electron chi connectivity index (χ0n) is 8.14. The average Bonchev–Trinajstić information content (AvgIpc) is 2.13. The number of nitrogens with two attached hydrogens (primary N) is 1. The van der Waals surface area contributed by atoms with Crippen LogP contribution < -0.4 is 5.73 Å². The van der Waals surface area contributed by atoms with E-state index >= 15 is 0 Å². The number of alkyl halides is 3. The Morgan fingerprint density at radius 1 is 1.07 bits per heavy atom. The van der Waals surface area contributed by atoms with E-state index in [0.717, 1.165) is 37.0 Å². The molecule has 1 nitrogen and oxygen atoms in total. The lowest BCUT2D eigenvalue weighted by Crippen LogP contribution is -2.43. The Morgan fingerprint density at radius 2 is 1.60 bits per heavy atom. The number of hydrogen-bond acceptors (Lipinski definition) is 1. The molecule has 0 aliphatic heterocycles. The molecule has 0 unspecified atom stereocenters. The Hall–Kier alpha value is -1.03. The van der Waals surface area contributed by atoms with Gasteiger partial charge in [0.05, 0.1) is 5.56 Å². The molecule has 2 rings (SSSR count). The summed E-state index contributed by atoms with van der Waals surface area (Å²) in [5.41, 5.74) is 5.81. The first-order chi connectivity index (χ1) is 6.92. The van der Waals surface area contributed by atoms with Crippen molar-refractivity contribution in [1.82, 2.24) is 0 Å². The van der Waals surface area contributed by atoms with Crippen molar-refractivity contribution in [3.05, 3.63) is 35.4 Å². The lowest BCUT2D eigenvalue weighted by atomic mass is 9.73. The third kappa shape index (κ3) is 1.86. The van der Waals surface area contributed by atoms with Crippen LogP contribution in [0.15, 0.2) is 24.3 Å². The van der Waals surface area contributed by atoms with Gasteiger partial charge in [-0.05, 0) is 37.0 Å². The van der Waals surface area contributed by atoms with Crippen LogP contribution in [0.4, 0.5) is 13.2 Å². The summed E-state index contributed by atoms with van der Waals surface area (Å²) in [6.07, 6.45) is -1.49. The van der Waals surface area contributed by atoms with E-state index in [1.54, 1.807) is 0 Å². The van der Waals surface area contributed by atoms with Gasteiger partial charge >= 0.3 is 6.18 Å².